The normalized spacial score (nSPS) is 17.2. The molecule has 1 amide bonds. The number of allylic oxidation sites excluding steroid dienone is 1. The second-order valence-electron chi connectivity index (χ2n) is 5.79. The Kier molecular flexibility index (Phi) is 5.84. The van der Waals surface area contributed by atoms with Gasteiger partial charge in [0, 0.05) is 24.2 Å². The highest BCUT2D eigenvalue weighted by atomic mass is 16.5. The van der Waals surface area contributed by atoms with Gasteiger partial charge in [0.15, 0.2) is 11.5 Å². The van der Waals surface area contributed by atoms with E-state index in [2.05, 4.69) is 6.58 Å². The predicted octanol–water partition coefficient (Wildman–Crippen LogP) is 2.37. The summed E-state index contributed by atoms with van der Waals surface area (Å²) >= 11 is 0. The van der Waals surface area contributed by atoms with Crippen LogP contribution < -0.4 is 9.47 Å². The number of likely N-dealkylation sites (tertiary alicyclic amines) is 1. The third kappa shape index (κ3) is 3.69. The van der Waals surface area contributed by atoms with Gasteiger partial charge in [0.2, 0.25) is 0 Å². The van der Waals surface area contributed by atoms with E-state index in [-0.39, 0.29) is 12.5 Å². The Morgan fingerprint density at radius 1 is 1.38 bits per heavy atom. The van der Waals surface area contributed by atoms with Crippen molar-refractivity contribution in [1.82, 2.24) is 4.90 Å². The number of methoxy groups -OCH3 is 2. The lowest BCUT2D eigenvalue weighted by atomic mass is 9.97. The molecule has 1 aliphatic rings. The molecule has 0 unspecified atom stereocenters. The molecule has 1 atom stereocenters. The van der Waals surface area contributed by atoms with Crippen LogP contribution in [0, 0.1) is 5.92 Å². The van der Waals surface area contributed by atoms with Gasteiger partial charge in [-0.05, 0) is 31.4 Å². The molecule has 0 bridgehead atoms. The SMILES string of the molecule is C=CCc1cc(C(=O)N2CCC[C@H](C(=O)O)C2)cc(OC)c1OC. The van der Waals surface area contributed by atoms with Gasteiger partial charge in [-0.3, -0.25) is 9.59 Å². The fourth-order valence-electron chi connectivity index (χ4n) is 3.02. The van der Waals surface area contributed by atoms with Crippen molar-refractivity contribution in [2.45, 2.75) is 19.3 Å². The van der Waals surface area contributed by atoms with E-state index in [0.29, 0.717) is 42.9 Å². The minimum atomic E-state index is -0.854. The Morgan fingerprint density at radius 2 is 2.12 bits per heavy atom. The number of carboxylic acid groups (broad SMARTS) is 1. The molecule has 130 valence electrons. The van der Waals surface area contributed by atoms with Gasteiger partial charge in [-0.1, -0.05) is 6.08 Å². The zero-order valence-corrected chi connectivity index (χ0v) is 14.1. The van der Waals surface area contributed by atoms with E-state index in [4.69, 9.17) is 9.47 Å². The molecule has 24 heavy (non-hydrogen) atoms. The van der Waals surface area contributed by atoms with Crippen molar-refractivity contribution in [3.63, 3.8) is 0 Å². The van der Waals surface area contributed by atoms with E-state index >= 15 is 0 Å². The standard InChI is InChI=1S/C18H23NO5/c1-4-6-12-9-14(10-15(23-2)16(12)24-3)17(20)19-8-5-7-13(11-19)18(21)22/h4,9-10,13H,1,5-8,11H2,2-3H3,(H,21,22)/t13-/m0/s1. The first-order valence-electron chi connectivity index (χ1n) is 7.89. The number of carbonyl (C=O) groups excluding carboxylic acids is 1. The average Bonchev–Trinajstić information content (AvgIpc) is 2.60. The lowest BCUT2D eigenvalue weighted by molar-refractivity contribution is -0.143. The van der Waals surface area contributed by atoms with Crippen LogP contribution in [0.15, 0.2) is 24.8 Å². The fraction of sp³-hybridized carbons (Fsp3) is 0.444. The highest BCUT2D eigenvalue weighted by Gasteiger charge is 2.29. The number of rotatable bonds is 6. The van der Waals surface area contributed by atoms with Crippen LogP contribution in [0.2, 0.25) is 0 Å². The maximum absolute atomic E-state index is 12.8. The van der Waals surface area contributed by atoms with Crippen molar-refractivity contribution in [3.05, 3.63) is 35.9 Å². The van der Waals surface area contributed by atoms with Crippen LogP contribution in [0.5, 0.6) is 11.5 Å². The molecular weight excluding hydrogens is 310 g/mol. The highest BCUT2D eigenvalue weighted by molar-refractivity contribution is 5.95. The molecule has 1 saturated heterocycles. The molecule has 1 aromatic carbocycles. The van der Waals surface area contributed by atoms with Crippen LogP contribution in [0.4, 0.5) is 0 Å². The molecule has 0 spiro atoms. The quantitative estimate of drug-likeness (QED) is 0.809. The Morgan fingerprint density at radius 3 is 2.71 bits per heavy atom. The van der Waals surface area contributed by atoms with E-state index in [1.165, 1.54) is 7.11 Å². The summed E-state index contributed by atoms with van der Waals surface area (Å²) in [7, 11) is 3.07. The average molecular weight is 333 g/mol. The Balaban J connectivity index is 2.33. The second-order valence-corrected chi connectivity index (χ2v) is 5.79. The van der Waals surface area contributed by atoms with Gasteiger partial charge < -0.3 is 19.5 Å². The number of piperidine rings is 1. The molecule has 6 heteroatoms. The van der Waals surface area contributed by atoms with Crippen LogP contribution in [0.3, 0.4) is 0 Å². The van der Waals surface area contributed by atoms with E-state index < -0.39 is 11.9 Å². The number of carbonyl (C=O) groups is 2. The monoisotopic (exact) mass is 333 g/mol. The molecule has 1 fully saturated rings. The number of hydrogen-bond donors (Lipinski definition) is 1. The number of hydrogen-bond acceptors (Lipinski definition) is 4. The molecule has 0 radical (unpaired) electrons. The van der Waals surface area contributed by atoms with E-state index in [1.54, 1.807) is 30.2 Å². The van der Waals surface area contributed by atoms with Crippen molar-refractivity contribution in [2.75, 3.05) is 27.3 Å². The van der Waals surface area contributed by atoms with Gasteiger partial charge >= 0.3 is 5.97 Å². The minimum absolute atomic E-state index is 0.188. The molecule has 2 rings (SSSR count). The van der Waals surface area contributed by atoms with Crippen LogP contribution >= 0.6 is 0 Å². The fourth-order valence-corrected chi connectivity index (χ4v) is 3.02. The minimum Gasteiger partial charge on any atom is -0.493 e. The van der Waals surface area contributed by atoms with Crippen LogP contribution in [0.25, 0.3) is 0 Å². The third-order valence-corrected chi connectivity index (χ3v) is 4.22. The third-order valence-electron chi connectivity index (χ3n) is 4.22. The number of amides is 1. The molecule has 0 aromatic heterocycles. The molecule has 1 aromatic rings. The molecule has 1 heterocycles. The van der Waals surface area contributed by atoms with Gasteiger partial charge in [-0.15, -0.1) is 6.58 Å². The number of nitrogens with zero attached hydrogens (tertiary/aromatic N) is 1. The molecule has 0 saturated carbocycles. The first-order chi connectivity index (χ1) is 11.5. The first-order valence-corrected chi connectivity index (χ1v) is 7.89. The van der Waals surface area contributed by atoms with E-state index in [9.17, 15) is 14.7 Å². The topological polar surface area (TPSA) is 76.1 Å². The van der Waals surface area contributed by atoms with Crippen LogP contribution in [-0.2, 0) is 11.2 Å². The Hall–Kier alpha value is -2.50. The number of benzene rings is 1. The smallest absolute Gasteiger partial charge is 0.308 e. The van der Waals surface area contributed by atoms with Gasteiger partial charge in [-0.25, -0.2) is 0 Å². The summed E-state index contributed by atoms with van der Waals surface area (Å²) in [5.41, 5.74) is 1.28. The highest BCUT2D eigenvalue weighted by Crippen LogP contribution is 2.34. The first kappa shape index (κ1) is 17.8. The Labute approximate surface area is 141 Å². The molecule has 0 aliphatic carbocycles. The zero-order valence-electron chi connectivity index (χ0n) is 14.1. The van der Waals surface area contributed by atoms with Crippen molar-refractivity contribution < 1.29 is 24.2 Å². The van der Waals surface area contributed by atoms with E-state index in [0.717, 1.165) is 5.56 Å². The summed E-state index contributed by atoms with van der Waals surface area (Å²) in [6.45, 7) is 4.52. The number of carboxylic acids is 1. The number of ether oxygens (including phenoxy) is 2. The Bertz CT molecular complexity index is 641. The maximum Gasteiger partial charge on any atom is 0.308 e. The number of aliphatic carboxylic acids is 1. The van der Waals surface area contributed by atoms with Gasteiger partial charge in [0.25, 0.3) is 5.91 Å². The largest absolute Gasteiger partial charge is 0.493 e. The van der Waals surface area contributed by atoms with Crippen molar-refractivity contribution in [2.24, 2.45) is 5.92 Å². The lowest BCUT2D eigenvalue weighted by Gasteiger charge is -2.31. The summed E-state index contributed by atoms with van der Waals surface area (Å²) in [6, 6.07) is 3.40. The van der Waals surface area contributed by atoms with Gasteiger partial charge in [0.1, 0.15) is 0 Å². The molecule has 6 nitrogen and oxygen atoms in total. The zero-order chi connectivity index (χ0) is 17.7. The summed E-state index contributed by atoms with van der Waals surface area (Å²) in [5, 5.41) is 9.19. The second kappa shape index (κ2) is 7.86. The van der Waals surface area contributed by atoms with Crippen LogP contribution in [-0.4, -0.2) is 49.2 Å². The van der Waals surface area contributed by atoms with E-state index in [1.807, 2.05) is 0 Å². The summed E-state index contributed by atoms with van der Waals surface area (Å²) in [4.78, 5) is 25.6. The lowest BCUT2D eigenvalue weighted by Crippen LogP contribution is -2.42. The molecule has 1 N–H and O–H groups in total. The van der Waals surface area contributed by atoms with Crippen molar-refractivity contribution in [3.8, 4) is 11.5 Å². The molecular formula is C18H23NO5. The van der Waals surface area contributed by atoms with Crippen LogP contribution in [0.1, 0.15) is 28.8 Å². The van der Waals surface area contributed by atoms with Crippen molar-refractivity contribution >= 4 is 11.9 Å². The summed E-state index contributed by atoms with van der Waals surface area (Å²) < 4.78 is 10.7. The van der Waals surface area contributed by atoms with Gasteiger partial charge in [0.05, 0.1) is 20.1 Å². The maximum atomic E-state index is 12.8. The summed E-state index contributed by atoms with van der Waals surface area (Å²) in [6.07, 6.45) is 3.56. The summed E-state index contributed by atoms with van der Waals surface area (Å²) in [5.74, 6) is -0.488. The molecule has 1 aliphatic heterocycles. The van der Waals surface area contributed by atoms with Gasteiger partial charge in [-0.2, -0.15) is 0 Å². The predicted molar refractivity (Wildman–Crippen MR) is 89.7 cm³/mol. The van der Waals surface area contributed by atoms with Crippen molar-refractivity contribution in [1.29, 1.82) is 0 Å².